The number of hydrogen-bond donors (Lipinski definition) is 0. The van der Waals surface area contributed by atoms with Crippen LogP contribution in [0, 0.1) is 0 Å². The Hall–Kier alpha value is -0.760. The van der Waals surface area contributed by atoms with Gasteiger partial charge in [-0.3, -0.25) is 4.42 Å². The highest BCUT2D eigenvalue weighted by Crippen LogP contribution is 2.06. The second-order valence-corrected chi connectivity index (χ2v) is 2.90. The van der Waals surface area contributed by atoms with Crippen molar-refractivity contribution < 1.29 is 0 Å². The smallest absolute Gasteiger partial charge is 0.257 e. The summed E-state index contributed by atoms with van der Waals surface area (Å²) in [7, 11) is 1.69. The van der Waals surface area contributed by atoms with Crippen LogP contribution in [0.25, 0.3) is 0 Å². The molecule has 0 radical (unpaired) electrons. The van der Waals surface area contributed by atoms with Gasteiger partial charge in [0, 0.05) is 6.07 Å². The van der Waals surface area contributed by atoms with E-state index in [9.17, 15) is 0 Å². The predicted octanol–water partition coefficient (Wildman–Crippen LogP) is 1.93. The normalized spacial score (nSPS) is 11.6. The standard InChI is InChI=1S/C9H11OS/c1-10-8-6-4-3-5-7-9(8)11-2/h3-7H,1-2H3/q+1. The SMILES string of the molecule is C[O+]=c1cccccc1SC. The number of hydrogen-bond acceptors (Lipinski definition) is 1. The number of thioether (sulfide) groups is 1. The fourth-order valence-corrected chi connectivity index (χ4v) is 1.42. The first-order valence-electron chi connectivity index (χ1n) is 3.39. The molecule has 0 heterocycles. The zero-order valence-electron chi connectivity index (χ0n) is 6.70. The molecule has 0 atom stereocenters. The molecule has 0 saturated carbocycles. The van der Waals surface area contributed by atoms with Gasteiger partial charge in [-0.2, -0.15) is 0 Å². The highest BCUT2D eigenvalue weighted by Gasteiger charge is 1.97. The summed E-state index contributed by atoms with van der Waals surface area (Å²) >= 11 is 1.69. The minimum absolute atomic E-state index is 0.933. The summed E-state index contributed by atoms with van der Waals surface area (Å²) in [4.78, 5) is 1.16. The second-order valence-electron chi connectivity index (χ2n) is 2.05. The third kappa shape index (κ3) is 2.09. The number of rotatable bonds is 1. The maximum absolute atomic E-state index is 5.18. The van der Waals surface area contributed by atoms with Gasteiger partial charge in [-0.05, 0) is 12.3 Å². The molecule has 0 aliphatic carbocycles. The van der Waals surface area contributed by atoms with Gasteiger partial charge >= 0.3 is 5.43 Å². The van der Waals surface area contributed by atoms with Crippen molar-refractivity contribution in [2.75, 3.05) is 13.4 Å². The third-order valence-corrected chi connectivity index (χ3v) is 2.18. The van der Waals surface area contributed by atoms with Crippen LogP contribution < -0.4 is 5.43 Å². The van der Waals surface area contributed by atoms with E-state index in [0.717, 1.165) is 10.3 Å². The van der Waals surface area contributed by atoms with E-state index >= 15 is 0 Å². The Balaban J connectivity index is 3.36. The van der Waals surface area contributed by atoms with Crippen molar-refractivity contribution in [3.05, 3.63) is 40.2 Å². The predicted molar refractivity (Wildman–Crippen MR) is 50.4 cm³/mol. The van der Waals surface area contributed by atoms with E-state index in [-0.39, 0.29) is 0 Å². The Morgan fingerprint density at radius 1 is 1.18 bits per heavy atom. The molecule has 0 saturated heterocycles. The third-order valence-electron chi connectivity index (χ3n) is 1.40. The van der Waals surface area contributed by atoms with Crippen LogP contribution in [0.4, 0.5) is 0 Å². The minimum Gasteiger partial charge on any atom is -0.257 e. The van der Waals surface area contributed by atoms with Crippen LogP contribution in [0.5, 0.6) is 0 Å². The van der Waals surface area contributed by atoms with Gasteiger partial charge in [-0.15, -0.1) is 11.8 Å². The molecule has 1 rings (SSSR count). The molecule has 0 fully saturated rings. The summed E-state index contributed by atoms with van der Waals surface area (Å²) in [6.45, 7) is 0. The molecule has 11 heavy (non-hydrogen) atoms. The molecule has 58 valence electrons. The van der Waals surface area contributed by atoms with E-state index in [0.29, 0.717) is 0 Å². The lowest BCUT2D eigenvalue weighted by Crippen LogP contribution is -1.99. The van der Waals surface area contributed by atoms with Gasteiger partial charge in [0.25, 0.3) is 7.11 Å². The maximum atomic E-state index is 5.18. The van der Waals surface area contributed by atoms with Crippen molar-refractivity contribution in [1.29, 1.82) is 0 Å². The van der Waals surface area contributed by atoms with Crippen LogP contribution >= 0.6 is 11.8 Å². The van der Waals surface area contributed by atoms with E-state index < -0.39 is 0 Å². The lowest BCUT2D eigenvalue weighted by Gasteiger charge is -1.80. The Kier molecular flexibility index (Phi) is 3.17. The van der Waals surface area contributed by atoms with Crippen molar-refractivity contribution in [3.8, 4) is 0 Å². The Labute approximate surface area is 70.8 Å². The van der Waals surface area contributed by atoms with Crippen LogP contribution in [0.3, 0.4) is 0 Å². The van der Waals surface area contributed by atoms with Crippen LogP contribution in [0.1, 0.15) is 0 Å². The van der Waals surface area contributed by atoms with Crippen molar-refractivity contribution in [2.45, 2.75) is 4.90 Å². The van der Waals surface area contributed by atoms with Gasteiger partial charge in [0.2, 0.25) is 0 Å². The first-order valence-corrected chi connectivity index (χ1v) is 4.61. The molecular formula is C9H11OS+. The van der Waals surface area contributed by atoms with Crippen LogP contribution in [-0.2, 0) is 0 Å². The zero-order chi connectivity index (χ0) is 8.10. The van der Waals surface area contributed by atoms with Crippen molar-refractivity contribution in [3.63, 3.8) is 0 Å². The molecular weight excluding hydrogens is 156 g/mol. The average Bonchev–Trinajstić information content (AvgIpc) is 2.27. The molecule has 1 aromatic carbocycles. The first kappa shape index (κ1) is 8.34. The molecule has 1 aromatic rings. The first-order chi connectivity index (χ1) is 5.38. The average molecular weight is 167 g/mol. The van der Waals surface area contributed by atoms with Crippen LogP contribution in [-0.4, -0.2) is 13.4 Å². The Morgan fingerprint density at radius 3 is 2.55 bits per heavy atom. The zero-order valence-corrected chi connectivity index (χ0v) is 7.52. The summed E-state index contributed by atoms with van der Waals surface area (Å²) in [6.07, 6.45) is 2.04. The molecule has 0 aromatic heterocycles. The summed E-state index contributed by atoms with van der Waals surface area (Å²) in [5.41, 5.74) is 0.933. The molecule has 0 aliphatic heterocycles. The van der Waals surface area contributed by atoms with Gasteiger partial charge in [0.15, 0.2) is 0 Å². The molecule has 2 heteroatoms. The molecule has 0 N–H and O–H groups in total. The fraction of sp³-hybridized carbons (Fsp3) is 0.222. The minimum atomic E-state index is 0.933. The Morgan fingerprint density at radius 2 is 1.91 bits per heavy atom. The molecule has 0 unspecified atom stereocenters. The topological polar surface area (TPSA) is 11.3 Å². The highest BCUT2D eigenvalue weighted by atomic mass is 32.2. The van der Waals surface area contributed by atoms with Crippen molar-refractivity contribution in [2.24, 2.45) is 0 Å². The summed E-state index contributed by atoms with van der Waals surface area (Å²) in [6, 6.07) is 9.98. The summed E-state index contributed by atoms with van der Waals surface area (Å²) < 4.78 is 5.18. The lowest BCUT2D eigenvalue weighted by molar-refractivity contribution is 1.36. The summed E-state index contributed by atoms with van der Waals surface area (Å²) in [5, 5.41) is 0. The highest BCUT2D eigenvalue weighted by molar-refractivity contribution is 7.98. The monoisotopic (exact) mass is 167 g/mol. The van der Waals surface area contributed by atoms with Crippen molar-refractivity contribution >= 4 is 11.8 Å². The second kappa shape index (κ2) is 4.19. The quantitative estimate of drug-likeness (QED) is 0.459. The summed E-state index contributed by atoms with van der Waals surface area (Å²) in [5.74, 6) is 0. The van der Waals surface area contributed by atoms with E-state index in [2.05, 4.69) is 0 Å². The largest absolute Gasteiger partial charge is 0.356 e. The maximum Gasteiger partial charge on any atom is 0.356 e. The Bertz CT molecular complexity index is 294. The molecule has 0 amide bonds. The van der Waals surface area contributed by atoms with Crippen molar-refractivity contribution in [1.82, 2.24) is 0 Å². The van der Waals surface area contributed by atoms with E-state index in [1.807, 2.05) is 36.6 Å². The molecule has 0 aliphatic rings. The van der Waals surface area contributed by atoms with E-state index in [1.54, 1.807) is 18.9 Å². The van der Waals surface area contributed by atoms with Crippen LogP contribution in [0.2, 0.25) is 0 Å². The van der Waals surface area contributed by atoms with Gasteiger partial charge in [0.05, 0.1) is 0 Å². The van der Waals surface area contributed by atoms with E-state index in [4.69, 9.17) is 4.42 Å². The van der Waals surface area contributed by atoms with Crippen LogP contribution in [0.15, 0.2) is 39.7 Å². The fourth-order valence-electron chi connectivity index (χ4n) is 0.852. The van der Waals surface area contributed by atoms with Gasteiger partial charge in [-0.25, -0.2) is 0 Å². The molecule has 1 nitrogen and oxygen atoms in total. The lowest BCUT2D eigenvalue weighted by atomic mass is 10.5. The van der Waals surface area contributed by atoms with E-state index in [1.165, 1.54) is 0 Å². The van der Waals surface area contributed by atoms with Gasteiger partial charge in [0.1, 0.15) is 4.90 Å². The molecule has 0 bridgehead atoms. The van der Waals surface area contributed by atoms with Gasteiger partial charge in [-0.1, -0.05) is 18.2 Å². The van der Waals surface area contributed by atoms with Gasteiger partial charge < -0.3 is 0 Å². The molecule has 0 spiro atoms.